The number of amides is 1. The summed E-state index contributed by atoms with van der Waals surface area (Å²) in [5.41, 5.74) is 1.68. The van der Waals surface area contributed by atoms with Gasteiger partial charge >= 0.3 is 0 Å². The lowest BCUT2D eigenvalue weighted by atomic mass is 9.85. The van der Waals surface area contributed by atoms with Crippen LogP contribution in [0.3, 0.4) is 0 Å². The Bertz CT molecular complexity index is 874. The van der Waals surface area contributed by atoms with Gasteiger partial charge in [-0.2, -0.15) is 5.10 Å². The zero-order valence-corrected chi connectivity index (χ0v) is 18.7. The van der Waals surface area contributed by atoms with Crippen LogP contribution in [0, 0.1) is 11.7 Å². The monoisotopic (exact) mass is 434 g/mol. The van der Waals surface area contributed by atoms with Crippen LogP contribution in [0.15, 0.2) is 36.5 Å². The third-order valence-corrected chi connectivity index (χ3v) is 6.26. The van der Waals surface area contributed by atoms with Crippen molar-refractivity contribution >= 4 is 18.3 Å². The molecule has 2 fully saturated rings. The topological polar surface area (TPSA) is 59.0 Å². The van der Waals surface area contributed by atoms with Gasteiger partial charge in [0.05, 0.1) is 17.3 Å². The van der Waals surface area contributed by atoms with Crippen molar-refractivity contribution in [3.63, 3.8) is 0 Å². The number of hydrogen-bond acceptors (Lipinski definition) is 3. The van der Waals surface area contributed by atoms with Gasteiger partial charge in [0.2, 0.25) is 5.91 Å². The molecule has 4 rings (SSSR count). The number of halogens is 2. The SMILES string of the molecule is CC(C)(C)n1ccc([C@H]2C[C@@H](C(=O)NCC3CCC3)N[C@H]2c2cccc(F)c2)n1.Cl. The fraction of sp³-hybridized carbons (Fsp3) is 0.565. The van der Waals surface area contributed by atoms with Crippen molar-refractivity contribution in [3.05, 3.63) is 53.6 Å². The van der Waals surface area contributed by atoms with Crippen molar-refractivity contribution < 1.29 is 9.18 Å². The summed E-state index contributed by atoms with van der Waals surface area (Å²) in [4.78, 5) is 12.8. The minimum Gasteiger partial charge on any atom is -0.354 e. The third kappa shape index (κ3) is 4.86. The number of benzene rings is 1. The largest absolute Gasteiger partial charge is 0.354 e. The van der Waals surface area contributed by atoms with Gasteiger partial charge in [0, 0.05) is 24.7 Å². The lowest BCUT2D eigenvalue weighted by Gasteiger charge is -2.26. The van der Waals surface area contributed by atoms with Crippen molar-refractivity contribution in [2.24, 2.45) is 5.92 Å². The first kappa shape index (κ1) is 22.8. The van der Waals surface area contributed by atoms with Crippen LogP contribution in [0.1, 0.15) is 69.7 Å². The number of aromatic nitrogens is 2. The van der Waals surface area contributed by atoms with Crippen LogP contribution in [-0.2, 0) is 10.3 Å². The molecule has 2 heterocycles. The maximum Gasteiger partial charge on any atom is 0.237 e. The smallest absolute Gasteiger partial charge is 0.237 e. The number of rotatable bonds is 5. The number of nitrogens with one attached hydrogen (secondary N) is 2. The molecule has 1 saturated carbocycles. The van der Waals surface area contributed by atoms with Gasteiger partial charge < -0.3 is 5.32 Å². The molecule has 0 bridgehead atoms. The highest BCUT2D eigenvalue weighted by atomic mass is 35.5. The molecular formula is C23H32ClFN4O. The van der Waals surface area contributed by atoms with E-state index in [9.17, 15) is 9.18 Å². The summed E-state index contributed by atoms with van der Waals surface area (Å²) in [6.07, 6.45) is 6.32. The second kappa shape index (κ2) is 9.06. The number of carbonyl (C=O) groups excluding carboxylic acids is 1. The fourth-order valence-electron chi connectivity index (χ4n) is 4.27. The molecule has 164 valence electrons. The van der Waals surface area contributed by atoms with E-state index in [1.165, 1.54) is 25.3 Å². The summed E-state index contributed by atoms with van der Waals surface area (Å²) >= 11 is 0. The fourth-order valence-corrected chi connectivity index (χ4v) is 4.27. The van der Waals surface area contributed by atoms with E-state index < -0.39 is 0 Å². The molecule has 2 N–H and O–H groups in total. The average Bonchev–Trinajstić information content (AvgIpc) is 3.27. The molecule has 2 aliphatic rings. The highest BCUT2D eigenvalue weighted by molar-refractivity contribution is 5.85. The highest BCUT2D eigenvalue weighted by Crippen LogP contribution is 2.40. The first-order valence-electron chi connectivity index (χ1n) is 10.7. The predicted molar refractivity (Wildman–Crippen MR) is 118 cm³/mol. The molecule has 1 aliphatic heterocycles. The zero-order chi connectivity index (χ0) is 20.6. The molecule has 1 aliphatic carbocycles. The lowest BCUT2D eigenvalue weighted by Crippen LogP contribution is -2.43. The van der Waals surface area contributed by atoms with Gasteiger partial charge in [0.15, 0.2) is 0 Å². The van der Waals surface area contributed by atoms with Gasteiger partial charge in [-0.15, -0.1) is 12.4 Å². The van der Waals surface area contributed by atoms with E-state index in [1.807, 2.05) is 23.0 Å². The van der Waals surface area contributed by atoms with E-state index in [2.05, 4.69) is 31.4 Å². The number of nitrogens with zero attached hydrogens (tertiary/aromatic N) is 2. The quantitative estimate of drug-likeness (QED) is 0.737. The molecule has 0 spiro atoms. The molecule has 30 heavy (non-hydrogen) atoms. The minimum absolute atomic E-state index is 0. The van der Waals surface area contributed by atoms with Gasteiger partial charge in [-0.1, -0.05) is 18.6 Å². The van der Waals surface area contributed by atoms with Gasteiger partial charge in [-0.05, 0) is 69.7 Å². The van der Waals surface area contributed by atoms with Gasteiger partial charge in [-0.3, -0.25) is 14.8 Å². The number of hydrogen-bond donors (Lipinski definition) is 2. The van der Waals surface area contributed by atoms with Crippen molar-refractivity contribution in [2.75, 3.05) is 6.54 Å². The maximum absolute atomic E-state index is 13.9. The van der Waals surface area contributed by atoms with Gasteiger partial charge in [0.25, 0.3) is 0 Å². The third-order valence-electron chi connectivity index (χ3n) is 6.26. The summed E-state index contributed by atoms with van der Waals surface area (Å²) in [7, 11) is 0. The molecular weight excluding hydrogens is 403 g/mol. The lowest BCUT2D eigenvalue weighted by molar-refractivity contribution is -0.123. The summed E-state index contributed by atoms with van der Waals surface area (Å²) < 4.78 is 15.8. The molecule has 1 aromatic heterocycles. The second-order valence-corrected chi connectivity index (χ2v) is 9.49. The van der Waals surface area contributed by atoms with Crippen molar-refractivity contribution in [1.29, 1.82) is 0 Å². The van der Waals surface area contributed by atoms with Crippen LogP contribution >= 0.6 is 12.4 Å². The summed E-state index contributed by atoms with van der Waals surface area (Å²) in [5.74, 6) is 0.412. The van der Waals surface area contributed by atoms with E-state index in [-0.39, 0.29) is 47.7 Å². The van der Waals surface area contributed by atoms with Crippen LogP contribution in [0.4, 0.5) is 4.39 Å². The van der Waals surface area contributed by atoms with Crippen LogP contribution < -0.4 is 10.6 Å². The number of carbonyl (C=O) groups is 1. The summed E-state index contributed by atoms with van der Waals surface area (Å²) in [6, 6.07) is 8.23. The molecule has 5 nitrogen and oxygen atoms in total. The Balaban J connectivity index is 0.00000256. The standard InChI is InChI=1S/C23H31FN4O.ClH/c1-23(2,3)28-11-10-19(27-28)18-13-20(22(29)25-14-15-6-4-7-15)26-21(18)16-8-5-9-17(24)12-16;/h5,8-12,15,18,20-21,26H,4,6-7,13-14H2,1-3H3,(H,25,29);1H/t18-,20+,21+;/m1./s1. The summed E-state index contributed by atoms with van der Waals surface area (Å²) in [6.45, 7) is 7.08. The Morgan fingerprint density at radius 2 is 2.07 bits per heavy atom. The maximum atomic E-state index is 13.9. The first-order valence-corrected chi connectivity index (χ1v) is 10.7. The van der Waals surface area contributed by atoms with Gasteiger partial charge in [-0.25, -0.2) is 4.39 Å². The minimum atomic E-state index is -0.298. The highest BCUT2D eigenvalue weighted by Gasteiger charge is 2.40. The van der Waals surface area contributed by atoms with Crippen molar-refractivity contribution in [3.8, 4) is 0 Å². The Morgan fingerprint density at radius 1 is 1.30 bits per heavy atom. The molecule has 3 atom stereocenters. The predicted octanol–water partition coefficient (Wildman–Crippen LogP) is 4.30. The van der Waals surface area contributed by atoms with E-state index in [0.717, 1.165) is 17.8 Å². The Kier molecular flexibility index (Phi) is 6.88. The van der Waals surface area contributed by atoms with Crippen molar-refractivity contribution in [1.82, 2.24) is 20.4 Å². The molecule has 2 aromatic rings. The molecule has 0 unspecified atom stereocenters. The molecule has 1 saturated heterocycles. The van der Waals surface area contributed by atoms with E-state index in [1.54, 1.807) is 12.1 Å². The molecule has 7 heteroatoms. The normalized spacial score (nSPS) is 24.2. The van der Waals surface area contributed by atoms with E-state index in [4.69, 9.17) is 5.10 Å². The van der Waals surface area contributed by atoms with Crippen molar-refractivity contribution in [2.45, 2.75) is 70.0 Å². The average molecular weight is 435 g/mol. The molecule has 1 amide bonds. The Morgan fingerprint density at radius 3 is 2.67 bits per heavy atom. The zero-order valence-electron chi connectivity index (χ0n) is 17.9. The van der Waals surface area contributed by atoms with Gasteiger partial charge in [0.1, 0.15) is 5.82 Å². The summed E-state index contributed by atoms with van der Waals surface area (Å²) in [5, 5.41) is 11.4. The molecule has 0 radical (unpaired) electrons. The van der Waals surface area contributed by atoms with Crippen LogP contribution in [0.5, 0.6) is 0 Å². The first-order chi connectivity index (χ1) is 13.8. The Hall–Kier alpha value is -1.92. The van der Waals surface area contributed by atoms with Crippen LogP contribution in [0.25, 0.3) is 0 Å². The van der Waals surface area contributed by atoms with E-state index in [0.29, 0.717) is 12.3 Å². The molecule has 1 aromatic carbocycles. The van der Waals surface area contributed by atoms with E-state index >= 15 is 0 Å². The van der Waals surface area contributed by atoms with Crippen LogP contribution in [-0.4, -0.2) is 28.3 Å². The van der Waals surface area contributed by atoms with Crippen LogP contribution in [0.2, 0.25) is 0 Å². The Labute approximate surface area is 184 Å². The second-order valence-electron chi connectivity index (χ2n) is 9.49.